The number of hydrogen-bond acceptors (Lipinski definition) is 7. The van der Waals surface area contributed by atoms with Crippen molar-refractivity contribution in [3.8, 4) is 0 Å². The van der Waals surface area contributed by atoms with Gasteiger partial charge in [0.1, 0.15) is 11.2 Å². The largest absolute Gasteiger partial charge is 0.338 e. The summed E-state index contributed by atoms with van der Waals surface area (Å²) in [5, 5.41) is 8.53. The number of carbonyl (C=O) groups excluding carboxylic acids is 1. The number of nitrogens with zero attached hydrogens (tertiary/aromatic N) is 7. The number of piperidine rings is 1. The Morgan fingerprint density at radius 3 is 2.77 bits per heavy atom. The van der Waals surface area contributed by atoms with Gasteiger partial charge in [-0.05, 0) is 26.2 Å². The highest BCUT2D eigenvalue weighted by molar-refractivity contribution is 7.90. The fourth-order valence-corrected chi connectivity index (χ4v) is 4.97. The lowest BCUT2D eigenvalue weighted by molar-refractivity contribution is 0.0703. The predicted molar refractivity (Wildman–Crippen MR) is 109 cm³/mol. The molecule has 4 rings (SSSR count). The standard InChI is InChI=1S/C19H25N7O3S/c1-4-7-25-13(2)15(9-22-25)18(27)24-8-5-6-14(11-24)17-16(30(3,28)29)10-20-19-21-12-23-26(17)19/h9-10,12,14H,4-8,11H2,1-3H3/t14-/m1/s1. The Hall–Kier alpha value is -2.82. The van der Waals surface area contributed by atoms with Crippen LogP contribution in [0.25, 0.3) is 5.78 Å². The smallest absolute Gasteiger partial charge is 0.257 e. The second-order valence-electron chi connectivity index (χ2n) is 7.71. The molecule has 1 fully saturated rings. The van der Waals surface area contributed by atoms with E-state index >= 15 is 0 Å². The van der Waals surface area contributed by atoms with Gasteiger partial charge in [-0.15, -0.1) is 0 Å². The third-order valence-corrected chi connectivity index (χ3v) is 6.68. The number of rotatable bonds is 5. The Kier molecular flexibility index (Phi) is 5.31. The zero-order chi connectivity index (χ0) is 21.5. The lowest BCUT2D eigenvalue weighted by atomic mass is 9.94. The zero-order valence-corrected chi connectivity index (χ0v) is 18.1. The summed E-state index contributed by atoms with van der Waals surface area (Å²) in [5.41, 5.74) is 1.98. The molecule has 11 heteroatoms. The van der Waals surface area contributed by atoms with Crippen molar-refractivity contribution in [3.05, 3.63) is 35.7 Å². The number of amides is 1. The fourth-order valence-electron chi connectivity index (χ4n) is 4.09. The summed E-state index contributed by atoms with van der Waals surface area (Å²) < 4.78 is 28.2. The maximum absolute atomic E-state index is 13.2. The van der Waals surface area contributed by atoms with Crippen LogP contribution in [0.2, 0.25) is 0 Å². The van der Waals surface area contributed by atoms with Crippen LogP contribution >= 0.6 is 0 Å². The Morgan fingerprint density at radius 2 is 2.03 bits per heavy atom. The number of aryl methyl sites for hydroxylation is 1. The van der Waals surface area contributed by atoms with Gasteiger partial charge < -0.3 is 4.90 Å². The first-order valence-corrected chi connectivity index (χ1v) is 11.9. The SMILES string of the molecule is CCCn1ncc(C(=O)N2CCC[C@@H](c3c(S(C)(=O)=O)cnc4ncnn34)C2)c1C. The summed E-state index contributed by atoms with van der Waals surface area (Å²) in [6.07, 6.45) is 7.93. The van der Waals surface area contributed by atoms with E-state index < -0.39 is 9.84 Å². The van der Waals surface area contributed by atoms with Gasteiger partial charge >= 0.3 is 0 Å². The minimum absolute atomic E-state index is 0.0793. The molecule has 0 radical (unpaired) electrons. The van der Waals surface area contributed by atoms with Crippen LogP contribution in [0.5, 0.6) is 0 Å². The summed E-state index contributed by atoms with van der Waals surface area (Å²) in [7, 11) is -3.52. The highest BCUT2D eigenvalue weighted by Crippen LogP contribution is 2.32. The molecule has 0 aromatic carbocycles. The summed E-state index contributed by atoms with van der Waals surface area (Å²) in [5.74, 6) is 0.0764. The summed E-state index contributed by atoms with van der Waals surface area (Å²) in [6.45, 7) is 5.75. The Labute approximate surface area is 174 Å². The Morgan fingerprint density at radius 1 is 1.23 bits per heavy atom. The van der Waals surface area contributed by atoms with E-state index in [2.05, 4.69) is 27.1 Å². The van der Waals surface area contributed by atoms with Gasteiger partial charge in [0.15, 0.2) is 9.84 Å². The highest BCUT2D eigenvalue weighted by Gasteiger charge is 2.32. The number of sulfone groups is 1. The van der Waals surface area contributed by atoms with Crippen molar-refractivity contribution in [2.45, 2.75) is 50.5 Å². The van der Waals surface area contributed by atoms with Crippen LogP contribution in [0, 0.1) is 6.92 Å². The van der Waals surface area contributed by atoms with Crippen LogP contribution in [0.1, 0.15) is 53.8 Å². The van der Waals surface area contributed by atoms with Gasteiger partial charge in [-0.1, -0.05) is 6.92 Å². The normalized spacial score (nSPS) is 17.6. The van der Waals surface area contributed by atoms with Crippen molar-refractivity contribution < 1.29 is 13.2 Å². The number of carbonyl (C=O) groups is 1. The van der Waals surface area contributed by atoms with Crippen molar-refractivity contribution in [3.63, 3.8) is 0 Å². The minimum atomic E-state index is -3.52. The molecule has 3 aromatic rings. The van der Waals surface area contributed by atoms with Crippen LogP contribution in [0.4, 0.5) is 0 Å². The van der Waals surface area contributed by atoms with E-state index in [-0.39, 0.29) is 16.7 Å². The quantitative estimate of drug-likeness (QED) is 0.600. The van der Waals surface area contributed by atoms with Gasteiger partial charge in [-0.3, -0.25) is 9.48 Å². The molecule has 4 heterocycles. The average molecular weight is 432 g/mol. The second-order valence-corrected chi connectivity index (χ2v) is 9.69. The first-order chi connectivity index (χ1) is 14.3. The molecular formula is C19H25N7O3S. The highest BCUT2D eigenvalue weighted by atomic mass is 32.2. The molecule has 160 valence electrons. The zero-order valence-electron chi connectivity index (χ0n) is 17.3. The molecule has 0 N–H and O–H groups in total. The van der Waals surface area contributed by atoms with Crippen LogP contribution in [0.3, 0.4) is 0 Å². The number of fused-ring (bicyclic) bond motifs is 1. The van der Waals surface area contributed by atoms with Crippen molar-refractivity contribution in [2.24, 2.45) is 0 Å². The summed E-state index contributed by atoms with van der Waals surface area (Å²) in [4.78, 5) is 23.3. The summed E-state index contributed by atoms with van der Waals surface area (Å²) in [6, 6.07) is 0. The van der Waals surface area contributed by atoms with Gasteiger partial charge in [0, 0.05) is 37.5 Å². The van der Waals surface area contributed by atoms with E-state index in [0.29, 0.717) is 30.1 Å². The number of hydrogen-bond donors (Lipinski definition) is 0. The van der Waals surface area contributed by atoms with Gasteiger partial charge in [0.05, 0.1) is 23.7 Å². The van der Waals surface area contributed by atoms with Crippen LogP contribution in [-0.2, 0) is 16.4 Å². The summed E-state index contributed by atoms with van der Waals surface area (Å²) >= 11 is 0. The van der Waals surface area contributed by atoms with Gasteiger partial charge in [-0.2, -0.15) is 19.7 Å². The second kappa shape index (κ2) is 7.78. The third kappa shape index (κ3) is 3.57. The lowest BCUT2D eigenvalue weighted by Crippen LogP contribution is -2.40. The minimum Gasteiger partial charge on any atom is -0.338 e. The van der Waals surface area contributed by atoms with Crippen molar-refractivity contribution in [2.75, 3.05) is 19.3 Å². The fraction of sp³-hybridized carbons (Fsp3) is 0.526. The molecule has 30 heavy (non-hydrogen) atoms. The van der Waals surface area contributed by atoms with Gasteiger partial charge in [-0.25, -0.2) is 13.4 Å². The molecule has 0 saturated carbocycles. The van der Waals surface area contributed by atoms with E-state index in [4.69, 9.17) is 0 Å². The van der Waals surface area contributed by atoms with Crippen molar-refractivity contribution in [1.82, 2.24) is 34.3 Å². The molecule has 1 saturated heterocycles. The lowest BCUT2D eigenvalue weighted by Gasteiger charge is -2.33. The molecule has 3 aromatic heterocycles. The number of likely N-dealkylation sites (tertiary alicyclic amines) is 1. The van der Waals surface area contributed by atoms with E-state index in [1.165, 1.54) is 17.0 Å². The molecule has 1 amide bonds. The molecule has 1 atom stereocenters. The van der Waals surface area contributed by atoms with E-state index in [1.807, 2.05) is 11.6 Å². The molecule has 0 bridgehead atoms. The average Bonchev–Trinajstić information content (AvgIpc) is 3.33. The van der Waals surface area contributed by atoms with Crippen LogP contribution < -0.4 is 0 Å². The molecule has 0 aliphatic carbocycles. The van der Waals surface area contributed by atoms with Crippen LogP contribution in [0.15, 0.2) is 23.6 Å². The number of aromatic nitrogens is 6. The van der Waals surface area contributed by atoms with E-state index in [1.54, 1.807) is 11.1 Å². The Balaban J connectivity index is 1.68. The molecule has 0 unspecified atom stereocenters. The van der Waals surface area contributed by atoms with Crippen molar-refractivity contribution >= 4 is 21.5 Å². The van der Waals surface area contributed by atoms with Gasteiger partial charge in [0.2, 0.25) is 0 Å². The monoisotopic (exact) mass is 431 g/mol. The maximum Gasteiger partial charge on any atom is 0.257 e. The molecule has 1 aliphatic heterocycles. The molecule has 0 spiro atoms. The Bertz CT molecular complexity index is 1200. The van der Waals surface area contributed by atoms with E-state index in [0.717, 1.165) is 37.8 Å². The first-order valence-electron chi connectivity index (χ1n) is 10.0. The topological polar surface area (TPSA) is 115 Å². The van der Waals surface area contributed by atoms with Crippen molar-refractivity contribution in [1.29, 1.82) is 0 Å². The van der Waals surface area contributed by atoms with Crippen LogP contribution in [-0.4, -0.2) is 67.9 Å². The predicted octanol–water partition coefficient (Wildman–Crippen LogP) is 1.46. The van der Waals surface area contributed by atoms with Gasteiger partial charge in [0.25, 0.3) is 11.7 Å². The third-order valence-electron chi connectivity index (χ3n) is 5.57. The molecule has 1 aliphatic rings. The molecular weight excluding hydrogens is 406 g/mol. The first kappa shape index (κ1) is 20.5. The molecule has 10 nitrogen and oxygen atoms in total. The maximum atomic E-state index is 13.2. The van der Waals surface area contributed by atoms with E-state index in [9.17, 15) is 13.2 Å².